The van der Waals surface area contributed by atoms with Gasteiger partial charge in [-0.25, -0.2) is 0 Å². The molecule has 1 heterocycles. The molecule has 0 amide bonds. The minimum Gasteiger partial charge on any atom is -0.313 e. The molecule has 0 radical (unpaired) electrons. The van der Waals surface area contributed by atoms with Gasteiger partial charge >= 0.3 is 0 Å². The second kappa shape index (κ2) is 3.70. The lowest BCUT2D eigenvalue weighted by atomic mass is 9.99. The molecule has 1 N–H and O–H groups in total. The predicted octanol–water partition coefficient (Wildman–Crippen LogP) is 2.37. The van der Waals surface area contributed by atoms with Crippen LogP contribution in [0.4, 0.5) is 0 Å². The second-order valence-electron chi connectivity index (χ2n) is 4.29. The molecule has 1 saturated carbocycles. The third-order valence-corrected chi connectivity index (χ3v) is 3.03. The number of pyridine rings is 1. The van der Waals surface area contributed by atoms with Crippen molar-refractivity contribution in [2.45, 2.75) is 32.7 Å². The van der Waals surface area contributed by atoms with Crippen molar-refractivity contribution in [3.63, 3.8) is 0 Å². The zero-order valence-electron chi connectivity index (χ0n) is 9.17. The number of hydrogen-bond donors (Lipinski definition) is 1. The third kappa shape index (κ3) is 1.80. The van der Waals surface area contributed by atoms with Crippen molar-refractivity contribution < 1.29 is 0 Å². The molecule has 1 aliphatic carbocycles. The Morgan fingerprint density at radius 3 is 2.64 bits per heavy atom. The average Bonchev–Trinajstić information content (AvgIpc) is 2.93. The van der Waals surface area contributed by atoms with Crippen LogP contribution in [0.3, 0.4) is 0 Å². The molecule has 1 atom stereocenters. The van der Waals surface area contributed by atoms with E-state index in [1.54, 1.807) is 0 Å². The van der Waals surface area contributed by atoms with Crippen molar-refractivity contribution in [3.05, 3.63) is 29.1 Å². The summed E-state index contributed by atoms with van der Waals surface area (Å²) in [4.78, 5) is 4.38. The zero-order valence-corrected chi connectivity index (χ0v) is 9.17. The van der Waals surface area contributed by atoms with E-state index in [4.69, 9.17) is 0 Å². The maximum atomic E-state index is 4.38. The molecule has 2 nitrogen and oxygen atoms in total. The van der Waals surface area contributed by atoms with Gasteiger partial charge in [0.25, 0.3) is 0 Å². The van der Waals surface area contributed by atoms with E-state index in [0.29, 0.717) is 6.04 Å². The van der Waals surface area contributed by atoms with Crippen molar-refractivity contribution in [1.82, 2.24) is 10.3 Å². The molecule has 1 aromatic heterocycles. The van der Waals surface area contributed by atoms with Crippen LogP contribution in [0.2, 0.25) is 0 Å². The van der Waals surface area contributed by atoms with E-state index in [-0.39, 0.29) is 0 Å². The Balaban J connectivity index is 2.29. The normalized spacial score (nSPS) is 18.2. The first kappa shape index (κ1) is 9.66. The number of rotatable bonds is 3. The Labute approximate surface area is 85.7 Å². The van der Waals surface area contributed by atoms with E-state index >= 15 is 0 Å². The van der Waals surface area contributed by atoms with Crippen LogP contribution in [0.5, 0.6) is 0 Å². The summed E-state index contributed by atoms with van der Waals surface area (Å²) in [5.74, 6) is 0.836. The Morgan fingerprint density at radius 1 is 1.43 bits per heavy atom. The first-order chi connectivity index (χ1) is 6.72. The van der Waals surface area contributed by atoms with Crippen molar-refractivity contribution in [3.8, 4) is 0 Å². The topological polar surface area (TPSA) is 24.9 Å². The van der Waals surface area contributed by atoms with Crippen molar-refractivity contribution in [1.29, 1.82) is 0 Å². The van der Waals surface area contributed by atoms with Crippen molar-refractivity contribution in [2.75, 3.05) is 7.05 Å². The number of nitrogens with zero attached hydrogens (tertiary/aromatic N) is 1. The summed E-state index contributed by atoms with van der Waals surface area (Å²) in [5.41, 5.74) is 3.85. The molecule has 0 bridgehead atoms. The maximum Gasteiger partial charge on any atom is 0.0375 e. The lowest BCUT2D eigenvalue weighted by Crippen LogP contribution is -2.19. The van der Waals surface area contributed by atoms with E-state index < -0.39 is 0 Å². The lowest BCUT2D eigenvalue weighted by Gasteiger charge is -2.17. The first-order valence-corrected chi connectivity index (χ1v) is 5.33. The number of hydrogen-bond acceptors (Lipinski definition) is 2. The van der Waals surface area contributed by atoms with Crippen LogP contribution in [0.15, 0.2) is 12.3 Å². The Bertz CT molecular complexity index is 329. The van der Waals surface area contributed by atoms with Crippen LogP contribution in [0, 0.1) is 19.8 Å². The van der Waals surface area contributed by atoms with Gasteiger partial charge in [0.1, 0.15) is 0 Å². The second-order valence-corrected chi connectivity index (χ2v) is 4.29. The molecule has 1 fully saturated rings. The van der Waals surface area contributed by atoms with Crippen LogP contribution < -0.4 is 5.32 Å². The molecule has 14 heavy (non-hydrogen) atoms. The van der Waals surface area contributed by atoms with E-state index in [9.17, 15) is 0 Å². The minimum absolute atomic E-state index is 0.517. The van der Waals surface area contributed by atoms with Gasteiger partial charge in [0.15, 0.2) is 0 Å². The highest BCUT2D eigenvalue weighted by Crippen LogP contribution is 2.41. The molecule has 1 aliphatic rings. The van der Waals surface area contributed by atoms with Crippen LogP contribution in [-0.2, 0) is 0 Å². The van der Waals surface area contributed by atoms with Crippen LogP contribution >= 0.6 is 0 Å². The molecule has 0 saturated heterocycles. The SMILES string of the molecule is CNC(c1cnc(C)cc1C)C1CC1. The fourth-order valence-corrected chi connectivity index (χ4v) is 2.11. The standard InChI is InChI=1S/C12H18N2/c1-8-6-9(2)14-7-11(8)12(13-3)10-4-5-10/h6-7,10,12-13H,4-5H2,1-3H3. The van der Waals surface area contributed by atoms with Gasteiger partial charge in [-0.2, -0.15) is 0 Å². The van der Waals surface area contributed by atoms with E-state index in [2.05, 4.69) is 23.3 Å². The third-order valence-electron chi connectivity index (χ3n) is 3.03. The number of nitrogens with one attached hydrogen (secondary N) is 1. The summed E-state index contributed by atoms with van der Waals surface area (Å²) < 4.78 is 0. The first-order valence-electron chi connectivity index (χ1n) is 5.33. The van der Waals surface area contributed by atoms with Crippen molar-refractivity contribution in [2.24, 2.45) is 5.92 Å². The Morgan fingerprint density at radius 2 is 2.14 bits per heavy atom. The smallest absolute Gasteiger partial charge is 0.0375 e. The van der Waals surface area contributed by atoms with Gasteiger partial charge in [-0.1, -0.05) is 0 Å². The maximum absolute atomic E-state index is 4.38. The summed E-state index contributed by atoms with van der Waals surface area (Å²) in [7, 11) is 2.04. The largest absolute Gasteiger partial charge is 0.313 e. The molecule has 76 valence electrons. The lowest BCUT2D eigenvalue weighted by molar-refractivity contribution is 0.524. The summed E-state index contributed by atoms with van der Waals surface area (Å²) >= 11 is 0. The van der Waals surface area contributed by atoms with Crippen LogP contribution in [0.25, 0.3) is 0 Å². The monoisotopic (exact) mass is 190 g/mol. The predicted molar refractivity (Wildman–Crippen MR) is 58.2 cm³/mol. The molecular formula is C12H18N2. The summed E-state index contributed by atoms with van der Waals surface area (Å²) in [6.07, 6.45) is 4.75. The van der Waals surface area contributed by atoms with E-state index in [1.165, 1.54) is 24.0 Å². The van der Waals surface area contributed by atoms with Gasteiger partial charge in [0, 0.05) is 17.9 Å². The minimum atomic E-state index is 0.517. The number of aromatic nitrogens is 1. The molecular weight excluding hydrogens is 172 g/mol. The molecule has 0 spiro atoms. The zero-order chi connectivity index (χ0) is 10.1. The van der Waals surface area contributed by atoms with Crippen LogP contribution in [-0.4, -0.2) is 12.0 Å². The Hall–Kier alpha value is -0.890. The molecule has 1 unspecified atom stereocenters. The highest BCUT2D eigenvalue weighted by Gasteiger charge is 2.31. The molecule has 2 rings (SSSR count). The number of aryl methyl sites for hydroxylation is 2. The highest BCUT2D eigenvalue weighted by molar-refractivity contribution is 5.29. The molecule has 1 aromatic rings. The summed E-state index contributed by atoms with van der Waals surface area (Å²) in [6.45, 7) is 4.22. The van der Waals surface area contributed by atoms with Gasteiger partial charge in [-0.15, -0.1) is 0 Å². The summed E-state index contributed by atoms with van der Waals surface area (Å²) in [5, 5.41) is 3.40. The van der Waals surface area contributed by atoms with Crippen LogP contribution in [0.1, 0.15) is 35.7 Å². The highest BCUT2D eigenvalue weighted by atomic mass is 14.9. The van der Waals surface area contributed by atoms with E-state index in [1.807, 2.05) is 20.2 Å². The van der Waals surface area contributed by atoms with E-state index in [0.717, 1.165) is 11.6 Å². The molecule has 0 aliphatic heterocycles. The van der Waals surface area contributed by atoms with Gasteiger partial charge in [-0.3, -0.25) is 4.98 Å². The fraction of sp³-hybridized carbons (Fsp3) is 0.583. The van der Waals surface area contributed by atoms with Gasteiger partial charge < -0.3 is 5.32 Å². The Kier molecular flexibility index (Phi) is 2.55. The quantitative estimate of drug-likeness (QED) is 0.791. The fourth-order valence-electron chi connectivity index (χ4n) is 2.11. The molecule has 2 heteroatoms. The van der Waals surface area contributed by atoms with Crippen molar-refractivity contribution >= 4 is 0 Å². The summed E-state index contributed by atoms with van der Waals surface area (Å²) in [6, 6.07) is 2.69. The van der Waals surface area contributed by atoms with Gasteiger partial charge in [-0.05, 0) is 56.8 Å². The van der Waals surface area contributed by atoms with Gasteiger partial charge in [0.05, 0.1) is 0 Å². The molecule has 0 aromatic carbocycles. The van der Waals surface area contributed by atoms with Gasteiger partial charge in [0.2, 0.25) is 0 Å². The average molecular weight is 190 g/mol.